The summed E-state index contributed by atoms with van der Waals surface area (Å²) in [5.41, 5.74) is 0. The van der Waals surface area contributed by atoms with Crippen molar-refractivity contribution in [3.8, 4) is 0 Å². The molecular formula is C15H15F13. The van der Waals surface area contributed by atoms with Gasteiger partial charge in [-0.05, 0) is 36.5 Å². The van der Waals surface area contributed by atoms with Crippen LogP contribution in [0, 0.1) is 29.6 Å². The molecule has 2 aliphatic carbocycles. The molecule has 0 heterocycles. The molecule has 2 aliphatic rings. The second kappa shape index (κ2) is 6.05. The topological polar surface area (TPSA) is 0 Å². The van der Waals surface area contributed by atoms with Crippen LogP contribution in [0.3, 0.4) is 0 Å². The molecule has 2 fully saturated rings. The van der Waals surface area contributed by atoms with E-state index < -0.39 is 65.9 Å². The van der Waals surface area contributed by atoms with Crippen LogP contribution in [0.2, 0.25) is 0 Å². The first kappa shape index (κ1) is 23.4. The lowest BCUT2D eigenvalue weighted by Crippen LogP contribution is -2.71. The van der Waals surface area contributed by atoms with Crippen LogP contribution in [-0.4, -0.2) is 35.8 Å². The van der Waals surface area contributed by atoms with Gasteiger partial charge < -0.3 is 0 Å². The number of fused-ring (bicyclic) bond motifs is 2. The Bertz CT molecular complexity index is 604. The molecular weight excluding hydrogens is 427 g/mol. The summed E-state index contributed by atoms with van der Waals surface area (Å²) in [7, 11) is 0. The summed E-state index contributed by atoms with van der Waals surface area (Å²) in [4.78, 5) is 0. The molecule has 28 heavy (non-hydrogen) atoms. The van der Waals surface area contributed by atoms with Crippen LogP contribution in [0.25, 0.3) is 0 Å². The molecule has 5 atom stereocenters. The van der Waals surface area contributed by atoms with Gasteiger partial charge in [0.1, 0.15) is 0 Å². The second-order valence-electron chi connectivity index (χ2n) is 7.64. The first-order valence-corrected chi connectivity index (χ1v) is 8.12. The number of hydrogen-bond acceptors (Lipinski definition) is 0. The van der Waals surface area contributed by atoms with Crippen molar-refractivity contribution in [2.75, 3.05) is 0 Å². The van der Waals surface area contributed by atoms with Crippen LogP contribution in [0.5, 0.6) is 0 Å². The highest BCUT2D eigenvalue weighted by molar-refractivity contribution is 5.14. The van der Waals surface area contributed by atoms with Crippen LogP contribution >= 0.6 is 0 Å². The monoisotopic (exact) mass is 442 g/mol. The summed E-state index contributed by atoms with van der Waals surface area (Å²) < 4.78 is 172. The summed E-state index contributed by atoms with van der Waals surface area (Å²) in [5.74, 6) is -41.6. The van der Waals surface area contributed by atoms with Crippen molar-refractivity contribution in [1.29, 1.82) is 0 Å². The van der Waals surface area contributed by atoms with E-state index in [2.05, 4.69) is 0 Å². The average Bonchev–Trinajstić information content (AvgIpc) is 3.06. The van der Waals surface area contributed by atoms with E-state index in [4.69, 9.17) is 0 Å². The molecule has 2 rings (SSSR count). The minimum absolute atomic E-state index is 0.0840. The van der Waals surface area contributed by atoms with Gasteiger partial charge >= 0.3 is 35.8 Å². The van der Waals surface area contributed by atoms with E-state index in [9.17, 15) is 57.1 Å². The normalized spacial score (nSPS) is 32.9. The fourth-order valence-electron chi connectivity index (χ4n) is 4.37. The first-order chi connectivity index (χ1) is 12.2. The predicted molar refractivity (Wildman–Crippen MR) is 68.8 cm³/mol. The summed E-state index contributed by atoms with van der Waals surface area (Å²) in [6, 6.07) is 0. The molecule has 166 valence electrons. The quantitative estimate of drug-likeness (QED) is 0.418. The summed E-state index contributed by atoms with van der Waals surface area (Å²) in [6.45, 7) is 2.95. The molecule has 0 aromatic carbocycles. The lowest BCUT2D eigenvalue weighted by molar-refractivity contribution is -0.444. The molecule has 0 saturated heterocycles. The van der Waals surface area contributed by atoms with Crippen molar-refractivity contribution in [2.24, 2.45) is 29.6 Å². The molecule has 0 nitrogen and oxygen atoms in total. The summed E-state index contributed by atoms with van der Waals surface area (Å²) in [5, 5.41) is 0. The highest BCUT2D eigenvalue weighted by Gasteiger charge is 2.91. The minimum atomic E-state index is -7.82. The van der Waals surface area contributed by atoms with Crippen molar-refractivity contribution >= 4 is 0 Å². The van der Waals surface area contributed by atoms with Gasteiger partial charge in [-0.1, -0.05) is 13.8 Å². The third kappa shape index (κ3) is 2.65. The maximum Gasteiger partial charge on any atom is 0.460 e. The molecule has 0 N–H and O–H groups in total. The zero-order valence-corrected chi connectivity index (χ0v) is 14.2. The van der Waals surface area contributed by atoms with E-state index in [0.29, 0.717) is 0 Å². The molecule has 13 heteroatoms. The van der Waals surface area contributed by atoms with Crippen LogP contribution < -0.4 is 0 Å². The van der Waals surface area contributed by atoms with E-state index >= 15 is 0 Å². The average molecular weight is 442 g/mol. The van der Waals surface area contributed by atoms with Gasteiger partial charge in [-0.3, -0.25) is 0 Å². The highest BCUT2D eigenvalue weighted by atomic mass is 19.4. The van der Waals surface area contributed by atoms with Gasteiger partial charge in [0.05, 0.1) is 0 Å². The zero-order valence-electron chi connectivity index (χ0n) is 14.2. The van der Waals surface area contributed by atoms with Gasteiger partial charge in [-0.25, -0.2) is 0 Å². The molecule has 5 unspecified atom stereocenters. The van der Waals surface area contributed by atoms with Crippen molar-refractivity contribution in [3.63, 3.8) is 0 Å². The van der Waals surface area contributed by atoms with Gasteiger partial charge in [0.25, 0.3) is 0 Å². The first-order valence-electron chi connectivity index (χ1n) is 8.12. The van der Waals surface area contributed by atoms with E-state index in [-0.39, 0.29) is 12.3 Å². The molecule has 0 amide bonds. The van der Waals surface area contributed by atoms with E-state index in [1.165, 1.54) is 6.92 Å². The number of alkyl halides is 13. The lowest BCUT2D eigenvalue weighted by atomic mass is 9.71. The Morgan fingerprint density at radius 1 is 0.536 bits per heavy atom. The summed E-state index contributed by atoms with van der Waals surface area (Å²) in [6.07, 6.45) is -8.21. The predicted octanol–water partition coefficient (Wildman–Crippen LogP) is 6.65. The number of rotatable bonds is 5. The van der Waals surface area contributed by atoms with Gasteiger partial charge in [0.2, 0.25) is 0 Å². The zero-order chi connectivity index (χ0) is 22.3. The number of hydrogen-bond donors (Lipinski definition) is 0. The third-order valence-electron chi connectivity index (χ3n) is 6.32. The van der Waals surface area contributed by atoms with Crippen molar-refractivity contribution in [1.82, 2.24) is 0 Å². The van der Waals surface area contributed by atoms with E-state index in [1.54, 1.807) is 6.92 Å². The molecule has 0 aromatic rings. The van der Waals surface area contributed by atoms with Crippen molar-refractivity contribution < 1.29 is 57.1 Å². The smallest absolute Gasteiger partial charge is 0.199 e. The fourth-order valence-corrected chi connectivity index (χ4v) is 4.37. The molecule has 0 radical (unpaired) electrons. The molecule has 0 aromatic heterocycles. The fraction of sp³-hybridized carbons (Fsp3) is 1.00. The maximum atomic E-state index is 14.3. The number of halogens is 13. The van der Waals surface area contributed by atoms with Gasteiger partial charge in [-0.2, -0.15) is 57.1 Å². The van der Waals surface area contributed by atoms with Crippen LogP contribution in [0.1, 0.15) is 26.7 Å². The van der Waals surface area contributed by atoms with Gasteiger partial charge in [0.15, 0.2) is 0 Å². The Balaban J connectivity index is 2.46. The van der Waals surface area contributed by atoms with Crippen molar-refractivity contribution in [3.05, 3.63) is 0 Å². The molecule has 2 bridgehead atoms. The summed E-state index contributed by atoms with van der Waals surface area (Å²) >= 11 is 0. The van der Waals surface area contributed by atoms with Crippen molar-refractivity contribution in [2.45, 2.75) is 62.5 Å². The standard InChI is InChI=1S/C15H15F13/c1-5-6(2)8-3-7(5)4-9(8)10(16,17)11(18,19)12(20,21)13(22,23)14(24,25)15(26,27)28/h5-9H,3-4H2,1-2H3. The Morgan fingerprint density at radius 2 is 0.964 bits per heavy atom. The third-order valence-corrected chi connectivity index (χ3v) is 6.32. The largest absolute Gasteiger partial charge is 0.460 e. The second-order valence-corrected chi connectivity index (χ2v) is 7.64. The minimum Gasteiger partial charge on any atom is -0.199 e. The maximum absolute atomic E-state index is 14.3. The Hall–Kier alpha value is -0.910. The highest BCUT2D eigenvalue weighted by Crippen LogP contribution is 2.66. The Kier molecular flexibility index (Phi) is 5.05. The van der Waals surface area contributed by atoms with Crippen LogP contribution in [0.15, 0.2) is 0 Å². The SMILES string of the molecule is CC1C2CC(C1C)C(C(F)(F)C(F)(F)C(F)(F)C(F)(F)C(F)(F)C(F)(F)F)C2. The molecule has 0 spiro atoms. The van der Waals surface area contributed by atoms with Crippen LogP contribution in [-0.2, 0) is 0 Å². The Labute approximate surface area is 150 Å². The van der Waals surface area contributed by atoms with Gasteiger partial charge in [-0.15, -0.1) is 0 Å². The van der Waals surface area contributed by atoms with Crippen LogP contribution in [0.4, 0.5) is 57.1 Å². The molecule has 0 aliphatic heterocycles. The van der Waals surface area contributed by atoms with E-state index in [1.807, 2.05) is 0 Å². The lowest BCUT2D eigenvalue weighted by Gasteiger charge is -2.44. The van der Waals surface area contributed by atoms with Gasteiger partial charge in [0, 0.05) is 5.92 Å². The van der Waals surface area contributed by atoms with E-state index in [0.717, 1.165) is 0 Å². The molecule has 2 saturated carbocycles. The Morgan fingerprint density at radius 3 is 1.32 bits per heavy atom.